The maximum atomic E-state index is 5.54. The van der Waals surface area contributed by atoms with Gasteiger partial charge in [0.25, 0.3) is 0 Å². The Morgan fingerprint density at radius 3 is 2.87 bits per heavy atom. The maximum Gasteiger partial charge on any atom is 0.0666 e. The molecule has 1 N–H and O–H groups in total. The molecule has 0 aromatic heterocycles. The average molecular weight is 227 g/mol. The maximum absolute atomic E-state index is 5.54. The Bertz CT molecular complexity index is 228. The lowest BCUT2D eigenvalue weighted by molar-refractivity contribution is 0.127. The number of thioether (sulfide) groups is 1. The molecule has 0 aromatic carbocycles. The summed E-state index contributed by atoms with van der Waals surface area (Å²) in [6.07, 6.45) is 4.34. The van der Waals surface area contributed by atoms with Crippen molar-refractivity contribution in [1.82, 2.24) is 5.32 Å². The van der Waals surface area contributed by atoms with Gasteiger partial charge in [-0.05, 0) is 26.2 Å². The van der Waals surface area contributed by atoms with E-state index in [1.807, 2.05) is 11.8 Å². The topological polar surface area (TPSA) is 21.3 Å². The zero-order valence-electron chi connectivity index (χ0n) is 9.50. The summed E-state index contributed by atoms with van der Waals surface area (Å²) in [6, 6.07) is 0.792. The molecule has 0 aromatic rings. The number of hydrogen-bond donors (Lipinski definition) is 1. The second kappa shape index (κ2) is 5.37. The van der Waals surface area contributed by atoms with Crippen molar-refractivity contribution >= 4 is 11.8 Å². The van der Waals surface area contributed by atoms with Gasteiger partial charge in [-0.3, -0.25) is 0 Å². The van der Waals surface area contributed by atoms with Crippen LogP contribution < -0.4 is 5.32 Å². The van der Waals surface area contributed by atoms with Crippen molar-refractivity contribution in [1.29, 1.82) is 0 Å². The van der Waals surface area contributed by atoms with Gasteiger partial charge < -0.3 is 10.1 Å². The lowest BCUT2D eigenvalue weighted by atomic mass is 10.3. The van der Waals surface area contributed by atoms with E-state index < -0.39 is 0 Å². The third-order valence-electron chi connectivity index (χ3n) is 3.03. The van der Waals surface area contributed by atoms with Crippen molar-refractivity contribution in [3.05, 3.63) is 12.2 Å². The van der Waals surface area contributed by atoms with Crippen molar-refractivity contribution in [3.63, 3.8) is 0 Å². The Morgan fingerprint density at radius 1 is 1.47 bits per heavy atom. The smallest absolute Gasteiger partial charge is 0.0666 e. The molecule has 2 nitrogen and oxygen atoms in total. The van der Waals surface area contributed by atoms with E-state index in [9.17, 15) is 0 Å². The zero-order chi connectivity index (χ0) is 10.7. The highest BCUT2D eigenvalue weighted by Gasteiger charge is 2.24. The van der Waals surface area contributed by atoms with Gasteiger partial charge in [0.15, 0.2) is 0 Å². The summed E-state index contributed by atoms with van der Waals surface area (Å²) in [4.78, 5) is 0. The van der Waals surface area contributed by atoms with Gasteiger partial charge in [0.05, 0.1) is 6.10 Å². The van der Waals surface area contributed by atoms with Crippen LogP contribution in [0, 0.1) is 0 Å². The fourth-order valence-electron chi connectivity index (χ4n) is 1.78. The van der Waals surface area contributed by atoms with E-state index in [0.717, 1.165) is 24.9 Å². The lowest BCUT2D eigenvalue weighted by Gasteiger charge is -2.14. The van der Waals surface area contributed by atoms with E-state index in [2.05, 4.69) is 18.8 Å². The Balaban J connectivity index is 1.57. The third kappa shape index (κ3) is 3.82. The zero-order valence-corrected chi connectivity index (χ0v) is 10.3. The summed E-state index contributed by atoms with van der Waals surface area (Å²) in [5.74, 6) is 1.08. The van der Waals surface area contributed by atoms with Crippen molar-refractivity contribution in [2.75, 3.05) is 18.9 Å². The van der Waals surface area contributed by atoms with Gasteiger partial charge >= 0.3 is 0 Å². The molecule has 0 amide bonds. The fraction of sp³-hybridized carbons (Fsp3) is 0.833. The van der Waals surface area contributed by atoms with E-state index in [1.54, 1.807) is 0 Å². The number of hydrogen-bond acceptors (Lipinski definition) is 3. The predicted octanol–water partition coefficient (Wildman–Crippen LogP) is 2.21. The van der Waals surface area contributed by atoms with E-state index in [0.29, 0.717) is 11.4 Å². The van der Waals surface area contributed by atoms with E-state index in [4.69, 9.17) is 4.74 Å². The summed E-state index contributed by atoms with van der Waals surface area (Å²) in [5.41, 5.74) is 1.33. The first-order valence-corrected chi connectivity index (χ1v) is 6.94. The molecular weight excluding hydrogens is 206 g/mol. The first-order valence-electron chi connectivity index (χ1n) is 5.89. The average Bonchev–Trinajstić information content (AvgIpc) is 2.96. The molecule has 2 unspecified atom stereocenters. The molecular formula is C12H21NOS. The molecule has 2 aliphatic rings. The van der Waals surface area contributed by atoms with Gasteiger partial charge in [0.2, 0.25) is 0 Å². The van der Waals surface area contributed by atoms with Crippen LogP contribution in [0.4, 0.5) is 0 Å². The van der Waals surface area contributed by atoms with Crippen LogP contribution in [-0.2, 0) is 4.74 Å². The van der Waals surface area contributed by atoms with Gasteiger partial charge in [-0.15, -0.1) is 0 Å². The van der Waals surface area contributed by atoms with Crippen LogP contribution in [0.1, 0.15) is 26.2 Å². The molecule has 15 heavy (non-hydrogen) atoms. The molecule has 0 bridgehead atoms. The quantitative estimate of drug-likeness (QED) is 0.703. The third-order valence-corrected chi connectivity index (χ3v) is 4.65. The van der Waals surface area contributed by atoms with Gasteiger partial charge in [-0.2, -0.15) is 11.8 Å². The summed E-state index contributed by atoms with van der Waals surface area (Å²) >= 11 is 2.01. The van der Waals surface area contributed by atoms with Crippen LogP contribution in [0.25, 0.3) is 0 Å². The van der Waals surface area contributed by atoms with Gasteiger partial charge in [0.1, 0.15) is 0 Å². The Kier molecular flexibility index (Phi) is 4.12. The van der Waals surface area contributed by atoms with E-state index >= 15 is 0 Å². The minimum atomic E-state index is 0.430. The highest BCUT2D eigenvalue weighted by Crippen LogP contribution is 2.27. The van der Waals surface area contributed by atoms with Crippen molar-refractivity contribution in [2.24, 2.45) is 0 Å². The molecule has 1 aliphatic heterocycles. The molecule has 1 saturated heterocycles. The molecule has 1 aliphatic carbocycles. The van der Waals surface area contributed by atoms with Crippen LogP contribution >= 0.6 is 11.8 Å². The van der Waals surface area contributed by atoms with Crippen LogP contribution in [0.2, 0.25) is 0 Å². The fourth-order valence-corrected chi connectivity index (χ4v) is 2.95. The van der Waals surface area contributed by atoms with Crippen LogP contribution in [0.5, 0.6) is 0 Å². The van der Waals surface area contributed by atoms with Gasteiger partial charge in [-0.1, -0.05) is 12.2 Å². The molecule has 0 spiro atoms. The van der Waals surface area contributed by atoms with E-state index in [1.165, 1.54) is 24.8 Å². The van der Waals surface area contributed by atoms with Crippen LogP contribution in [0.15, 0.2) is 12.2 Å². The highest BCUT2D eigenvalue weighted by atomic mass is 32.2. The molecule has 1 heterocycles. The summed E-state index contributed by atoms with van der Waals surface area (Å²) < 4.78 is 5.54. The molecule has 2 atom stereocenters. The number of ether oxygens (including phenoxy) is 1. The molecule has 2 rings (SSSR count). The summed E-state index contributed by atoms with van der Waals surface area (Å²) in [5, 5.41) is 4.18. The number of rotatable bonds is 6. The van der Waals surface area contributed by atoms with Crippen LogP contribution in [-0.4, -0.2) is 36.3 Å². The second-order valence-corrected chi connectivity index (χ2v) is 5.85. The Labute approximate surface area is 96.8 Å². The normalized spacial score (nSPS) is 30.7. The summed E-state index contributed by atoms with van der Waals surface area (Å²) in [6.45, 7) is 8.23. The predicted molar refractivity (Wildman–Crippen MR) is 66.4 cm³/mol. The monoisotopic (exact) mass is 227 g/mol. The molecule has 86 valence electrons. The van der Waals surface area contributed by atoms with Crippen molar-refractivity contribution in [3.8, 4) is 0 Å². The highest BCUT2D eigenvalue weighted by molar-refractivity contribution is 8.00. The van der Waals surface area contributed by atoms with Gasteiger partial charge in [0, 0.05) is 30.2 Å². The number of nitrogens with one attached hydrogen (secondary N) is 1. The SMILES string of the molecule is C=C(CNC1CC1)CSC1CCOC1C. The molecule has 3 heteroatoms. The first-order chi connectivity index (χ1) is 7.25. The first kappa shape index (κ1) is 11.5. The van der Waals surface area contributed by atoms with Gasteiger partial charge in [-0.25, -0.2) is 0 Å². The Hall–Kier alpha value is 0.01000. The minimum absolute atomic E-state index is 0.430. The largest absolute Gasteiger partial charge is 0.377 e. The molecule has 1 saturated carbocycles. The Morgan fingerprint density at radius 2 is 2.27 bits per heavy atom. The van der Waals surface area contributed by atoms with E-state index in [-0.39, 0.29) is 0 Å². The van der Waals surface area contributed by atoms with Crippen LogP contribution in [0.3, 0.4) is 0 Å². The second-order valence-electron chi connectivity index (χ2n) is 4.62. The standard InChI is InChI=1S/C12H21NOS/c1-9(7-13-11-3-4-11)8-15-12-5-6-14-10(12)2/h10-13H,1,3-8H2,2H3. The molecule has 2 fully saturated rings. The molecule has 0 radical (unpaired) electrons. The van der Waals surface area contributed by atoms with Crippen molar-refractivity contribution in [2.45, 2.75) is 43.6 Å². The minimum Gasteiger partial charge on any atom is -0.377 e. The van der Waals surface area contributed by atoms with Crippen molar-refractivity contribution < 1.29 is 4.74 Å². The summed E-state index contributed by atoms with van der Waals surface area (Å²) in [7, 11) is 0. The lowest BCUT2D eigenvalue weighted by Crippen LogP contribution is -2.21.